The van der Waals surface area contributed by atoms with Gasteiger partial charge in [-0.15, -0.1) is 0 Å². The molecule has 0 unspecified atom stereocenters. The van der Waals surface area contributed by atoms with Gasteiger partial charge in [-0.2, -0.15) is 0 Å². The quantitative estimate of drug-likeness (QED) is 0.791. The molecular formula is C16H20N6O2S. The Morgan fingerprint density at radius 1 is 1.36 bits per heavy atom. The largest absolute Gasteiger partial charge is 0.462 e. The van der Waals surface area contributed by atoms with E-state index in [0.29, 0.717) is 34.9 Å². The van der Waals surface area contributed by atoms with Crippen molar-refractivity contribution in [1.82, 2.24) is 20.3 Å². The van der Waals surface area contributed by atoms with Crippen molar-refractivity contribution in [3.05, 3.63) is 35.1 Å². The van der Waals surface area contributed by atoms with Crippen molar-refractivity contribution in [3.8, 4) is 0 Å². The molecule has 0 spiro atoms. The van der Waals surface area contributed by atoms with Crippen LogP contribution in [0.15, 0.2) is 29.5 Å². The van der Waals surface area contributed by atoms with E-state index in [2.05, 4.69) is 30.6 Å². The molecule has 1 aliphatic rings. The van der Waals surface area contributed by atoms with Crippen LogP contribution in [0.2, 0.25) is 0 Å². The Balaban J connectivity index is 0.00000109. The normalized spacial score (nSPS) is 12.4. The highest BCUT2D eigenvalue weighted by atomic mass is 32.1. The zero-order valence-corrected chi connectivity index (χ0v) is 15.1. The van der Waals surface area contributed by atoms with Gasteiger partial charge in [0.25, 0.3) is 0 Å². The molecule has 3 heterocycles. The van der Waals surface area contributed by atoms with E-state index in [1.807, 2.05) is 13.8 Å². The van der Waals surface area contributed by atoms with E-state index >= 15 is 0 Å². The van der Waals surface area contributed by atoms with Gasteiger partial charge in [0.1, 0.15) is 17.2 Å². The predicted molar refractivity (Wildman–Crippen MR) is 99.2 cm³/mol. The first-order chi connectivity index (χ1) is 12.3. The molecule has 2 N–H and O–H groups in total. The zero-order valence-electron chi connectivity index (χ0n) is 14.3. The minimum Gasteiger partial charge on any atom is -0.462 e. The van der Waals surface area contributed by atoms with Gasteiger partial charge in [-0.1, -0.05) is 25.2 Å². The fourth-order valence-corrected chi connectivity index (χ4v) is 2.75. The van der Waals surface area contributed by atoms with Gasteiger partial charge in [-0.3, -0.25) is 4.99 Å². The van der Waals surface area contributed by atoms with Crippen LogP contribution in [0.3, 0.4) is 0 Å². The number of nitrogens with one attached hydrogen (secondary N) is 2. The van der Waals surface area contributed by atoms with Gasteiger partial charge in [-0.05, 0) is 19.1 Å². The lowest BCUT2D eigenvalue weighted by Gasteiger charge is -2.10. The van der Waals surface area contributed by atoms with Crippen molar-refractivity contribution in [3.63, 3.8) is 0 Å². The van der Waals surface area contributed by atoms with Crippen molar-refractivity contribution < 1.29 is 9.53 Å². The Labute approximate surface area is 150 Å². The first kappa shape index (κ1) is 18.5. The number of rotatable bonds is 5. The van der Waals surface area contributed by atoms with Gasteiger partial charge in [0.15, 0.2) is 5.13 Å². The standard InChI is InChI=1S/C14H14N6O2S.C2H6/c1-2-22-12(21)11-10(9-4-7-15-8-18-9)19-14(23-11)20-13-16-5-3-6-17-13;1-2/h3-7,18H,2,8H2,1H3,(H,16,17,19,20);1-2H3. The maximum Gasteiger partial charge on any atom is 0.350 e. The number of esters is 1. The maximum atomic E-state index is 12.2. The van der Waals surface area contributed by atoms with Crippen LogP contribution in [0.25, 0.3) is 5.70 Å². The topological polar surface area (TPSA) is 101 Å². The van der Waals surface area contributed by atoms with E-state index in [0.717, 1.165) is 5.70 Å². The van der Waals surface area contributed by atoms with Crippen molar-refractivity contribution in [2.75, 3.05) is 18.6 Å². The molecule has 0 saturated carbocycles. The molecule has 0 fully saturated rings. The summed E-state index contributed by atoms with van der Waals surface area (Å²) in [5.41, 5.74) is 1.25. The molecule has 132 valence electrons. The fraction of sp³-hybridized carbons (Fsp3) is 0.312. The van der Waals surface area contributed by atoms with Gasteiger partial charge < -0.3 is 15.4 Å². The molecule has 25 heavy (non-hydrogen) atoms. The molecule has 8 nitrogen and oxygen atoms in total. The van der Waals surface area contributed by atoms with Gasteiger partial charge in [0.2, 0.25) is 5.95 Å². The summed E-state index contributed by atoms with van der Waals surface area (Å²) < 4.78 is 5.11. The Morgan fingerprint density at radius 2 is 2.12 bits per heavy atom. The molecule has 2 aromatic heterocycles. The molecule has 9 heteroatoms. The second kappa shape index (κ2) is 9.48. The molecule has 2 aromatic rings. The fourth-order valence-electron chi connectivity index (χ4n) is 1.88. The summed E-state index contributed by atoms with van der Waals surface area (Å²) in [6, 6.07) is 1.72. The first-order valence-corrected chi connectivity index (χ1v) is 8.76. The third-order valence-electron chi connectivity index (χ3n) is 2.84. The summed E-state index contributed by atoms with van der Waals surface area (Å²) >= 11 is 1.19. The minimum absolute atomic E-state index is 0.300. The first-order valence-electron chi connectivity index (χ1n) is 7.94. The van der Waals surface area contributed by atoms with Crippen LogP contribution in [-0.4, -0.2) is 40.4 Å². The highest BCUT2D eigenvalue weighted by molar-refractivity contribution is 7.17. The smallest absolute Gasteiger partial charge is 0.350 e. The number of allylic oxidation sites excluding steroid dienone is 1. The number of anilines is 2. The van der Waals surface area contributed by atoms with Crippen molar-refractivity contribution in [2.45, 2.75) is 20.8 Å². The predicted octanol–water partition coefficient (Wildman–Crippen LogP) is 2.85. The second-order valence-corrected chi connectivity index (χ2v) is 5.36. The van der Waals surface area contributed by atoms with E-state index in [1.54, 1.807) is 37.7 Å². The third-order valence-corrected chi connectivity index (χ3v) is 3.79. The molecular weight excluding hydrogens is 340 g/mol. The number of carbonyl (C=O) groups excluding carboxylic acids is 1. The average Bonchev–Trinajstić information content (AvgIpc) is 3.09. The Morgan fingerprint density at radius 3 is 2.76 bits per heavy atom. The highest BCUT2D eigenvalue weighted by Gasteiger charge is 2.22. The van der Waals surface area contributed by atoms with E-state index in [1.165, 1.54) is 11.3 Å². The summed E-state index contributed by atoms with van der Waals surface area (Å²) in [5, 5.41) is 6.59. The van der Waals surface area contributed by atoms with E-state index in [4.69, 9.17) is 4.74 Å². The third kappa shape index (κ3) is 4.83. The molecule has 1 aliphatic heterocycles. The Bertz CT molecular complexity index is 757. The maximum absolute atomic E-state index is 12.2. The lowest BCUT2D eigenvalue weighted by Crippen LogP contribution is -2.18. The van der Waals surface area contributed by atoms with Crippen LogP contribution in [0.5, 0.6) is 0 Å². The van der Waals surface area contributed by atoms with Crippen LogP contribution < -0.4 is 10.6 Å². The average molecular weight is 360 g/mol. The van der Waals surface area contributed by atoms with Crippen LogP contribution in [0.4, 0.5) is 11.1 Å². The number of nitrogens with zero attached hydrogens (tertiary/aromatic N) is 4. The van der Waals surface area contributed by atoms with Crippen molar-refractivity contribution >= 4 is 40.3 Å². The monoisotopic (exact) mass is 360 g/mol. The summed E-state index contributed by atoms with van der Waals surface area (Å²) in [5.74, 6) is 0.00240. The number of aliphatic imine (C=N–C) groups is 1. The van der Waals surface area contributed by atoms with Crippen molar-refractivity contribution in [2.24, 2.45) is 4.99 Å². The number of hydrogen-bond acceptors (Lipinski definition) is 9. The molecule has 0 aromatic carbocycles. The molecule has 0 radical (unpaired) electrons. The van der Waals surface area contributed by atoms with Crippen LogP contribution in [0, 0.1) is 0 Å². The van der Waals surface area contributed by atoms with Crippen LogP contribution in [0.1, 0.15) is 36.1 Å². The Hall–Kier alpha value is -2.81. The number of thiazole rings is 1. The molecule has 0 atom stereocenters. The van der Waals surface area contributed by atoms with Crippen LogP contribution in [-0.2, 0) is 4.74 Å². The molecule has 0 aliphatic carbocycles. The lowest BCUT2D eigenvalue weighted by atomic mass is 10.2. The lowest BCUT2D eigenvalue weighted by molar-refractivity contribution is 0.0531. The summed E-state index contributed by atoms with van der Waals surface area (Å²) in [6.07, 6.45) is 6.69. The summed E-state index contributed by atoms with van der Waals surface area (Å²) in [4.78, 5) is 29.3. The summed E-state index contributed by atoms with van der Waals surface area (Å²) in [6.45, 7) is 6.51. The number of carbonyl (C=O) groups is 1. The zero-order chi connectivity index (χ0) is 18.1. The molecule has 0 amide bonds. The Kier molecular flexibility index (Phi) is 7.02. The number of aromatic nitrogens is 3. The van der Waals surface area contributed by atoms with E-state index < -0.39 is 5.97 Å². The summed E-state index contributed by atoms with van der Waals surface area (Å²) in [7, 11) is 0. The minimum atomic E-state index is -0.410. The second-order valence-electron chi connectivity index (χ2n) is 4.36. The molecule has 0 saturated heterocycles. The van der Waals surface area contributed by atoms with Gasteiger partial charge in [0.05, 0.1) is 12.3 Å². The van der Waals surface area contributed by atoms with E-state index in [9.17, 15) is 4.79 Å². The molecule has 0 bridgehead atoms. The number of hydrogen-bond donors (Lipinski definition) is 2. The van der Waals surface area contributed by atoms with Gasteiger partial charge in [-0.25, -0.2) is 19.7 Å². The highest BCUT2D eigenvalue weighted by Crippen LogP contribution is 2.29. The van der Waals surface area contributed by atoms with Crippen LogP contribution >= 0.6 is 11.3 Å². The van der Waals surface area contributed by atoms with Gasteiger partial charge >= 0.3 is 5.97 Å². The van der Waals surface area contributed by atoms with Gasteiger partial charge in [0, 0.05) is 18.6 Å². The van der Waals surface area contributed by atoms with E-state index in [-0.39, 0.29) is 0 Å². The van der Waals surface area contributed by atoms with Crippen molar-refractivity contribution in [1.29, 1.82) is 0 Å². The number of ether oxygens (including phenoxy) is 1. The molecule has 3 rings (SSSR count). The SMILES string of the molecule is CC.CCOC(=O)c1sc(Nc2ncccn2)nc1C1=CC=NCN1.